The van der Waals surface area contributed by atoms with Crippen molar-refractivity contribution < 1.29 is 23.9 Å². The molecule has 2 aromatic carbocycles. The van der Waals surface area contributed by atoms with Gasteiger partial charge in [-0.25, -0.2) is 14.3 Å². The number of piperazine rings is 1. The van der Waals surface area contributed by atoms with Gasteiger partial charge in [0.05, 0.1) is 35.9 Å². The Labute approximate surface area is 352 Å². The molecule has 2 saturated heterocycles. The number of nitrogens with zero attached hydrogens (tertiary/aromatic N) is 7. The predicted molar refractivity (Wildman–Crippen MR) is 226 cm³/mol. The standard InChI is InChI=1S/C43H48Cl2N8O6/c1-26(54)51-19-17-50(18-20-51)25-36-48-53-23-28(21-35(53)41(56)49(36)5)30-9-7-10-31(38(30)44)32-11-8-12-33(39(32)45)34-15-13-27(40(47-34)58-6)22-52(42(57)59-43(2,3)4)24-29-14-16-37(55)46-29/h7-13,15,21,23,29H,14,16-20,22,24-25H2,1-6H3,(H,46,55)/t29-/m0/s1. The van der Waals surface area contributed by atoms with Crippen LogP contribution in [0.25, 0.3) is 39.0 Å². The molecule has 0 saturated carbocycles. The van der Waals surface area contributed by atoms with Crippen LogP contribution in [0.4, 0.5) is 4.79 Å². The zero-order chi connectivity index (χ0) is 42.2. The number of aromatic nitrogens is 4. The first kappa shape index (κ1) is 41.7. The number of hydrogen-bond donors (Lipinski definition) is 1. The van der Waals surface area contributed by atoms with Gasteiger partial charge in [-0.15, -0.1) is 0 Å². The van der Waals surface area contributed by atoms with Crippen LogP contribution in [0, 0.1) is 0 Å². The molecule has 2 aliphatic heterocycles. The molecule has 1 N–H and O–H groups in total. The van der Waals surface area contributed by atoms with E-state index in [1.54, 1.807) is 54.8 Å². The highest BCUT2D eigenvalue weighted by Gasteiger charge is 2.30. The third-order valence-electron chi connectivity index (χ3n) is 10.7. The lowest BCUT2D eigenvalue weighted by atomic mass is 9.97. The molecule has 3 amide bonds. The summed E-state index contributed by atoms with van der Waals surface area (Å²) in [7, 11) is 3.24. The largest absolute Gasteiger partial charge is 0.481 e. The Morgan fingerprint density at radius 2 is 1.61 bits per heavy atom. The van der Waals surface area contributed by atoms with E-state index in [-0.39, 0.29) is 36.5 Å². The van der Waals surface area contributed by atoms with Gasteiger partial charge >= 0.3 is 6.09 Å². The van der Waals surface area contributed by atoms with Crippen molar-refractivity contribution in [3.8, 4) is 39.4 Å². The molecule has 16 heteroatoms. The lowest BCUT2D eigenvalue weighted by Gasteiger charge is -2.34. The van der Waals surface area contributed by atoms with Gasteiger partial charge in [-0.05, 0) is 45.4 Å². The summed E-state index contributed by atoms with van der Waals surface area (Å²) in [6, 6.07) is 16.6. The summed E-state index contributed by atoms with van der Waals surface area (Å²) in [6.45, 7) is 10.6. The maximum Gasteiger partial charge on any atom is 0.410 e. The molecule has 310 valence electrons. The number of fused-ring (bicyclic) bond motifs is 1. The van der Waals surface area contributed by atoms with Crippen molar-refractivity contribution in [2.45, 2.75) is 65.3 Å². The van der Waals surface area contributed by atoms with Crippen molar-refractivity contribution in [3.05, 3.63) is 92.6 Å². The van der Waals surface area contributed by atoms with Gasteiger partial charge in [0, 0.05) is 98.7 Å². The minimum atomic E-state index is -0.711. The lowest BCUT2D eigenvalue weighted by molar-refractivity contribution is -0.130. The molecule has 0 unspecified atom stereocenters. The van der Waals surface area contributed by atoms with Gasteiger partial charge in [-0.1, -0.05) is 59.6 Å². The van der Waals surface area contributed by atoms with E-state index in [0.717, 1.165) is 5.56 Å². The first-order valence-corrected chi connectivity index (χ1v) is 20.3. The highest BCUT2D eigenvalue weighted by molar-refractivity contribution is 6.39. The number of methoxy groups -OCH3 is 1. The maximum atomic E-state index is 13.6. The number of pyridine rings is 1. The van der Waals surface area contributed by atoms with Crippen LogP contribution in [0.5, 0.6) is 5.88 Å². The third kappa shape index (κ3) is 9.09. The molecule has 14 nitrogen and oxygen atoms in total. The van der Waals surface area contributed by atoms with Gasteiger partial charge in [0.15, 0.2) is 0 Å². The van der Waals surface area contributed by atoms with Crippen LogP contribution in [-0.4, -0.2) is 103 Å². The molecule has 0 bridgehead atoms. The number of carbonyl (C=O) groups is 3. The average Bonchev–Trinajstić information content (AvgIpc) is 3.82. The number of amides is 3. The van der Waals surface area contributed by atoms with Crippen LogP contribution in [0.2, 0.25) is 10.0 Å². The Hall–Kier alpha value is -5.44. The van der Waals surface area contributed by atoms with Crippen molar-refractivity contribution in [1.29, 1.82) is 0 Å². The van der Waals surface area contributed by atoms with E-state index in [0.29, 0.717) is 106 Å². The van der Waals surface area contributed by atoms with Crippen molar-refractivity contribution in [1.82, 2.24) is 39.2 Å². The topological polar surface area (TPSA) is 144 Å². The minimum Gasteiger partial charge on any atom is -0.481 e. The lowest BCUT2D eigenvalue weighted by Crippen LogP contribution is -2.48. The van der Waals surface area contributed by atoms with Crippen molar-refractivity contribution >= 4 is 46.6 Å². The minimum absolute atomic E-state index is 0.0406. The van der Waals surface area contributed by atoms with Crippen molar-refractivity contribution in [2.75, 3.05) is 39.8 Å². The molecule has 2 aliphatic rings. The smallest absolute Gasteiger partial charge is 0.410 e. The molecule has 0 radical (unpaired) electrons. The summed E-state index contributed by atoms with van der Waals surface area (Å²) in [5.41, 5.74) is 4.16. The van der Waals surface area contributed by atoms with Gasteiger partial charge in [0.25, 0.3) is 5.56 Å². The van der Waals surface area contributed by atoms with E-state index in [1.165, 1.54) is 7.11 Å². The van der Waals surface area contributed by atoms with Gasteiger partial charge in [-0.3, -0.25) is 23.9 Å². The summed E-state index contributed by atoms with van der Waals surface area (Å²) in [4.78, 5) is 61.0. The van der Waals surface area contributed by atoms with Crippen LogP contribution >= 0.6 is 23.2 Å². The molecule has 5 heterocycles. The Morgan fingerprint density at radius 3 is 2.24 bits per heavy atom. The van der Waals surface area contributed by atoms with Crippen molar-refractivity contribution in [3.63, 3.8) is 0 Å². The molecule has 59 heavy (non-hydrogen) atoms. The van der Waals surface area contributed by atoms with E-state index < -0.39 is 11.7 Å². The fraction of sp³-hybridized carbons (Fsp3) is 0.395. The zero-order valence-corrected chi connectivity index (χ0v) is 35.6. The second-order valence-electron chi connectivity index (χ2n) is 16.0. The highest BCUT2D eigenvalue weighted by Crippen LogP contribution is 2.42. The summed E-state index contributed by atoms with van der Waals surface area (Å²) in [6.07, 6.45) is 2.34. The molecule has 1 atom stereocenters. The second kappa shape index (κ2) is 17.0. The second-order valence-corrected chi connectivity index (χ2v) is 16.7. The van der Waals surface area contributed by atoms with Crippen LogP contribution in [0.15, 0.2) is 65.6 Å². The Bertz CT molecular complexity index is 2490. The van der Waals surface area contributed by atoms with Crippen LogP contribution < -0.4 is 15.6 Å². The number of ether oxygens (including phenoxy) is 2. The Balaban J connectivity index is 1.15. The van der Waals surface area contributed by atoms with E-state index in [4.69, 9.17) is 42.8 Å². The summed E-state index contributed by atoms with van der Waals surface area (Å²) >= 11 is 14.4. The Kier molecular flexibility index (Phi) is 12.0. The molecule has 7 rings (SSSR count). The van der Waals surface area contributed by atoms with Gasteiger partial charge in [0.1, 0.15) is 16.9 Å². The average molecular weight is 844 g/mol. The number of halogens is 2. The molecular weight excluding hydrogens is 795 g/mol. The third-order valence-corrected chi connectivity index (χ3v) is 11.5. The van der Waals surface area contributed by atoms with E-state index in [9.17, 15) is 19.2 Å². The van der Waals surface area contributed by atoms with Crippen LogP contribution in [-0.2, 0) is 34.5 Å². The maximum absolute atomic E-state index is 13.6. The molecule has 3 aromatic heterocycles. The van der Waals surface area contributed by atoms with Crippen LogP contribution in [0.3, 0.4) is 0 Å². The van der Waals surface area contributed by atoms with E-state index >= 15 is 0 Å². The quantitative estimate of drug-likeness (QED) is 0.169. The van der Waals surface area contributed by atoms with E-state index in [2.05, 4.69) is 10.2 Å². The zero-order valence-electron chi connectivity index (χ0n) is 34.1. The number of carbonyl (C=O) groups excluding carboxylic acids is 3. The first-order chi connectivity index (χ1) is 28.1. The summed E-state index contributed by atoms with van der Waals surface area (Å²) < 4.78 is 14.6. The summed E-state index contributed by atoms with van der Waals surface area (Å²) in [5, 5.41) is 8.62. The Morgan fingerprint density at radius 1 is 0.949 bits per heavy atom. The number of rotatable bonds is 10. The molecule has 2 fully saturated rings. The van der Waals surface area contributed by atoms with Crippen molar-refractivity contribution in [2.24, 2.45) is 7.05 Å². The highest BCUT2D eigenvalue weighted by atomic mass is 35.5. The fourth-order valence-electron chi connectivity index (χ4n) is 7.51. The monoisotopic (exact) mass is 842 g/mol. The molecule has 0 aliphatic carbocycles. The number of hydrogen-bond acceptors (Lipinski definition) is 9. The predicted octanol–water partition coefficient (Wildman–Crippen LogP) is 6.42. The fourth-order valence-corrected chi connectivity index (χ4v) is 8.18. The van der Waals surface area contributed by atoms with Crippen LogP contribution in [0.1, 0.15) is 51.9 Å². The number of benzene rings is 2. The molecule has 5 aromatic rings. The van der Waals surface area contributed by atoms with E-state index in [1.807, 2.05) is 59.6 Å². The van der Waals surface area contributed by atoms with Gasteiger partial charge < -0.3 is 24.6 Å². The van der Waals surface area contributed by atoms with Gasteiger partial charge in [0.2, 0.25) is 17.7 Å². The first-order valence-electron chi connectivity index (χ1n) is 19.6. The van der Waals surface area contributed by atoms with Gasteiger partial charge in [-0.2, -0.15) is 5.10 Å². The normalized spacial score (nSPS) is 16.0. The molecule has 0 spiro atoms. The number of nitrogens with one attached hydrogen (secondary N) is 1. The summed E-state index contributed by atoms with van der Waals surface area (Å²) in [5.74, 6) is 0.948. The molecular formula is C43H48Cl2N8O6. The SMILES string of the molecule is COc1nc(-c2cccc(-c3cccc(-c4cc5c(=O)n(C)c(CN6CCN(C(C)=O)CC6)nn5c4)c3Cl)c2Cl)ccc1CN(C[C@@H]1CCC(=O)N1)C(=O)OC(C)(C)C.